The fourth-order valence-electron chi connectivity index (χ4n) is 2.99. The smallest absolute Gasteiger partial charge is 0.228 e. The maximum Gasteiger partial charge on any atom is 0.228 e. The minimum absolute atomic E-state index is 0.0152. The van der Waals surface area contributed by atoms with Crippen molar-refractivity contribution in [1.82, 2.24) is 4.57 Å². The number of rotatable bonds is 5. The Morgan fingerprint density at radius 1 is 1.12 bits per heavy atom. The monoisotopic (exact) mass is 322 g/mol. The van der Waals surface area contributed by atoms with Crippen LogP contribution in [0.1, 0.15) is 18.2 Å². The number of amides is 1. The third-order valence-corrected chi connectivity index (χ3v) is 4.32. The van der Waals surface area contributed by atoms with Crippen LogP contribution in [0.5, 0.6) is 5.75 Å². The Morgan fingerprint density at radius 2 is 1.83 bits per heavy atom. The van der Waals surface area contributed by atoms with Crippen molar-refractivity contribution in [2.24, 2.45) is 7.05 Å². The number of ether oxygens (including phenoxy) is 1. The highest BCUT2D eigenvalue weighted by Gasteiger charge is 2.14. The zero-order chi connectivity index (χ0) is 17.1. The fraction of sp³-hybridized carbons (Fsp3) is 0.250. The lowest BCUT2D eigenvalue weighted by atomic mass is 10.1. The molecule has 0 aliphatic carbocycles. The summed E-state index contributed by atoms with van der Waals surface area (Å²) in [5.41, 5.74) is 4.13. The summed E-state index contributed by atoms with van der Waals surface area (Å²) in [6.07, 6.45) is 0.362. The lowest BCUT2D eigenvalue weighted by molar-refractivity contribution is -0.115. The topological polar surface area (TPSA) is 43.3 Å². The predicted molar refractivity (Wildman–Crippen MR) is 97.6 cm³/mol. The van der Waals surface area contributed by atoms with Crippen molar-refractivity contribution < 1.29 is 9.53 Å². The molecule has 0 unspecified atom stereocenters. The zero-order valence-electron chi connectivity index (χ0n) is 14.3. The molecule has 0 aliphatic rings. The van der Waals surface area contributed by atoms with E-state index < -0.39 is 0 Å². The highest BCUT2D eigenvalue weighted by Crippen LogP contribution is 2.25. The summed E-state index contributed by atoms with van der Waals surface area (Å²) in [5, 5.41) is 4.10. The van der Waals surface area contributed by atoms with Crippen molar-refractivity contribution in [1.29, 1.82) is 0 Å². The normalized spacial score (nSPS) is 10.8. The van der Waals surface area contributed by atoms with Crippen LogP contribution in [0.15, 0.2) is 48.5 Å². The number of nitrogens with one attached hydrogen (secondary N) is 1. The summed E-state index contributed by atoms with van der Waals surface area (Å²) in [4.78, 5) is 12.4. The molecule has 0 fully saturated rings. The van der Waals surface area contributed by atoms with E-state index in [1.807, 2.05) is 50.4 Å². The second-order valence-corrected chi connectivity index (χ2v) is 5.82. The number of aryl methyl sites for hydroxylation is 1. The minimum Gasteiger partial charge on any atom is -0.494 e. The van der Waals surface area contributed by atoms with Gasteiger partial charge >= 0.3 is 0 Å². The molecule has 0 atom stereocenters. The van der Waals surface area contributed by atoms with Gasteiger partial charge in [0.15, 0.2) is 0 Å². The number of hydrogen-bond donors (Lipinski definition) is 1. The first-order valence-electron chi connectivity index (χ1n) is 8.15. The van der Waals surface area contributed by atoms with Crippen molar-refractivity contribution in [2.75, 3.05) is 11.9 Å². The molecule has 0 bridgehead atoms. The number of fused-ring (bicyclic) bond motifs is 1. The fourth-order valence-corrected chi connectivity index (χ4v) is 2.99. The third kappa shape index (κ3) is 3.13. The van der Waals surface area contributed by atoms with Crippen LogP contribution < -0.4 is 10.1 Å². The molecule has 0 saturated heterocycles. The second-order valence-electron chi connectivity index (χ2n) is 5.82. The predicted octanol–water partition coefficient (Wildman–Crippen LogP) is 4.07. The van der Waals surface area contributed by atoms with Gasteiger partial charge in [0.2, 0.25) is 5.91 Å². The van der Waals surface area contributed by atoms with Crippen molar-refractivity contribution in [3.05, 3.63) is 59.8 Å². The van der Waals surface area contributed by atoms with Crippen LogP contribution in [-0.2, 0) is 18.3 Å². The molecule has 1 heterocycles. The Bertz CT molecular complexity index is 863. The Balaban J connectivity index is 1.77. The van der Waals surface area contributed by atoms with Crippen molar-refractivity contribution in [3.8, 4) is 5.75 Å². The van der Waals surface area contributed by atoms with Gasteiger partial charge in [0.1, 0.15) is 5.75 Å². The van der Waals surface area contributed by atoms with Gasteiger partial charge in [-0.15, -0.1) is 0 Å². The number of hydrogen-bond acceptors (Lipinski definition) is 2. The quantitative estimate of drug-likeness (QED) is 0.769. The molecule has 2 aromatic carbocycles. The van der Waals surface area contributed by atoms with Crippen LogP contribution in [0.25, 0.3) is 10.9 Å². The van der Waals surface area contributed by atoms with Gasteiger partial charge in [-0.2, -0.15) is 0 Å². The number of carbonyl (C=O) groups excluding carboxylic acids is 1. The number of benzene rings is 2. The average Bonchev–Trinajstić information content (AvgIpc) is 2.82. The molecule has 1 N–H and O–H groups in total. The Labute approximate surface area is 142 Å². The molecule has 4 heteroatoms. The second kappa shape index (κ2) is 6.79. The van der Waals surface area contributed by atoms with Crippen molar-refractivity contribution >= 4 is 22.5 Å². The Hall–Kier alpha value is -2.75. The lowest BCUT2D eigenvalue weighted by Gasteiger charge is -2.08. The van der Waals surface area contributed by atoms with Gasteiger partial charge in [0.25, 0.3) is 0 Å². The van der Waals surface area contributed by atoms with Gasteiger partial charge in [0.05, 0.1) is 13.0 Å². The maximum absolute atomic E-state index is 12.4. The summed E-state index contributed by atoms with van der Waals surface area (Å²) < 4.78 is 7.55. The van der Waals surface area contributed by atoms with E-state index in [1.165, 1.54) is 0 Å². The van der Waals surface area contributed by atoms with E-state index in [-0.39, 0.29) is 5.91 Å². The van der Waals surface area contributed by atoms with Gasteiger partial charge in [-0.1, -0.05) is 18.2 Å². The molecular formula is C20H22N2O2. The van der Waals surface area contributed by atoms with E-state index in [1.54, 1.807) is 0 Å². The highest BCUT2D eigenvalue weighted by molar-refractivity contribution is 5.96. The SMILES string of the molecule is CCOc1ccc(NC(=O)Cc2c(C)n(C)c3ccccc23)cc1. The third-order valence-electron chi connectivity index (χ3n) is 4.32. The molecule has 4 nitrogen and oxygen atoms in total. The van der Waals surface area contributed by atoms with E-state index in [0.29, 0.717) is 13.0 Å². The zero-order valence-corrected chi connectivity index (χ0v) is 14.3. The van der Waals surface area contributed by atoms with Gasteiger partial charge in [0, 0.05) is 29.3 Å². The largest absolute Gasteiger partial charge is 0.494 e. The van der Waals surface area contributed by atoms with Crippen LogP contribution in [0.4, 0.5) is 5.69 Å². The van der Waals surface area contributed by atoms with Gasteiger partial charge in [-0.05, 0) is 49.7 Å². The highest BCUT2D eigenvalue weighted by atomic mass is 16.5. The summed E-state index contributed by atoms with van der Waals surface area (Å²) in [6, 6.07) is 15.6. The van der Waals surface area contributed by atoms with Crippen LogP contribution in [0, 0.1) is 6.92 Å². The van der Waals surface area contributed by atoms with Crippen LogP contribution >= 0.6 is 0 Å². The Morgan fingerprint density at radius 3 is 2.54 bits per heavy atom. The maximum atomic E-state index is 12.4. The summed E-state index contributed by atoms with van der Waals surface area (Å²) in [6.45, 7) is 4.63. The van der Waals surface area contributed by atoms with Gasteiger partial charge in [-0.3, -0.25) is 4.79 Å². The summed E-state index contributed by atoms with van der Waals surface area (Å²) in [7, 11) is 2.03. The van der Waals surface area contributed by atoms with E-state index >= 15 is 0 Å². The molecule has 1 aromatic heterocycles. The molecule has 0 radical (unpaired) electrons. The molecule has 3 aromatic rings. The number of nitrogens with zero attached hydrogens (tertiary/aromatic N) is 1. The van der Waals surface area contributed by atoms with Crippen LogP contribution in [0.3, 0.4) is 0 Å². The minimum atomic E-state index is -0.0152. The van der Waals surface area contributed by atoms with Crippen molar-refractivity contribution in [2.45, 2.75) is 20.3 Å². The number of para-hydroxylation sites is 1. The number of carbonyl (C=O) groups is 1. The first kappa shape index (κ1) is 16.1. The van der Waals surface area contributed by atoms with Gasteiger partial charge in [-0.25, -0.2) is 0 Å². The van der Waals surface area contributed by atoms with Gasteiger partial charge < -0.3 is 14.6 Å². The number of aromatic nitrogens is 1. The first-order chi connectivity index (χ1) is 11.6. The van der Waals surface area contributed by atoms with E-state index in [0.717, 1.165) is 33.6 Å². The molecule has 124 valence electrons. The molecule has 1 amide bonds. The molecule has 24 heavy (non-hydrogen) atoms. The van der Waals surface area contributed by atoms with Crippen LogP contribution in [-0.4, -0.2) is 17.1 Å². The summed E-state index contributed by atoms with van der Waals surface area (Å²) in [5.74, 6) is 0.791. The lowest BCUT2D eigenvalue weighted by Crippen LogP contribution is -2.15. The van der Waals surface area contributed by atoms with E-state index in [4.69, 9.17) is 4.74 Å². The first-order valence-corrected chi connectivity index (χ1v) is 8.15. The standard InChI is InChI=1S/C20H22N2O2/c1-4-24-16-11-9-15(10-12-16)21-20(23)13-18-14(2)22(3)19-8-6-5-7-17(18)19/h5-12H,4,13H2,1-3H3,(H,21,23). The molecule has 3 rings (SSSR count). The molecular weight excluding hydrogens is 300 g/mol. The van der Waals surface area contributed by atoms with Crippen LogP contribution in [0.2, 0.25) is 0 Å². The average molecular weight is 322 g/mol. The summed E-state index contributed by atoms with van der Waals surface area (Å²) >= 11 is 0. The number of anilines is 1. The molecule has 0 spiro atoms. The van der Waals surface area contributed by atoms with Crippen molar-refractivity contribution in [3.63, 3.8) is 0 Å². The Kier molecular flexibility index (Phi) is 4.56. The molecule has 0 aliphatic heterocycles. The van der Waals surface area contributed by atoms with E-state index in [9.17, 15) is 4.79 Å². The molecule has 0 saturated carbocycles. The van der Waals surface area contributed by atoms with E-state index in [2.05, 4.69) is 28.9 Å².